The minimum Gasteiger partial charge on any atom is -0.355 e. The van der Waals surface area contributed by atoms with Crippen molar-refractivity contribution in [3.05, 3.63) is 0 Å². The predicted molar refractivity (Wildman–Crippen MR) is 66.1 cm³/mol. The molecule has 4 heteroatoms. The van der Waals surface area contributed by atoms with Crippen molar-refractivity contribution in [1.82, 2.24) is 10.2 Å². The smallest absolute Gasteiger partial charge is 0.234 e. The summed E-state index contributed by atoms with van der Waals surface area (Å²) in [7, 11) is 0. The van der Waals surface area contributed by atoms with Crippen LogP contribution in [-0.2, 0) is 4.79 Å². The van der Waals surface area contributed by atoms with Crippen LogP contribution >= 0.6 is 0 Å². The minimum absolute atomic E-state index is 0.134. The van der Waals surface area contributed by atoms with E-state index in [1.165, 1.54) is 0 Å². The van der Waals surface area contributed by atoms with Crippen LogP contribution in [0.3, 0.4) is 0 Å². The van der Waals surface area contributed by atoms with Gasteiger partial charge in [-0.2, -0.15) is 0 Å². The van der Waals surface area contributed by atoms with Gasteiger partial charge in [0.25, 0.3) is 0 Å². The zero-order valence-corrected chi connectivity index (χ0v) is 10.5. The van der Waals surface area contributed by atoms with Gasteiger partial charge >= 0.3 is 0 Å². The van der Waals surface area contributed by atoms with E-state index in [9.17, 15) is 4.79 Å². The fourth-order valence-electron chi connectivity index (χ4n) is 1.99. The fraction of sp³-hybridized carbons (Fsp3) is 0.917. The molecule has 3 N–H and O–H groups in total. The molecule has 1 saturated heterocycles. The van der Waals surface area contributed by atoms with Crippen LogP contribution in [0.15, 0.2) is 0 Å². The summed E-state index contributed by atoms with van der Waals surface area (Å²) in [6.07, 6.45) is 3.25. The van der Waals surface area contributed by atoms with Gasteiger partial charge in [-0.15, -0.1) is 0 Å². The SMILES string of the molecule is CC(C)CCNC(=O)CN1CCCC(N)C1. The molecule has 1 aliphatic heterocycles. The number of carbonyl (C=O) groups is 1. The molecule has 0 aliphatic carbocycles. The van der Waals surface area contributed by atoms with E-state index in [-0.39, 0.29) is 11.9 Å². The Balaban J connectivity index is 2.13. The van der Waals surface area contributed by atoms with Crippen LogP contribution in [0.4, 0.5) is 0 Å². The lowest BCUT2D eigenvalue weighted by Crippen LogP contribution is -2.47. The summed E-state index contributed by atoms with van der Waals surface area (Å²) >= 11 is 0. The molecule has 1 unspecified atom stereocenters. The van der Waals surface area contributed by atoms with Crippen molar-refractivity contribution in [2.24, 2.45) is 11.7 Å². The molecular formula is C12H25N3O. The van der Waals surface area contributed by atoms with Gasteiger partial charge in [0.1, 0.15) is 0 Å². The lowest BCUT2D eigenvalue weighted by molar-refractivity contribution is -0.122. The second-order valence-corrected chi connectivity index (χ2v) is 5.17. The van der Waals surface area contributed by atoms with E-state index in [0.29, 0.717) is 12.5 Å². The van der Waals surface area contributed by atoms with Crippen molar-refractivity contribution in [3.8, 4) is 0 Å². The Bertz CT molecular complexity index is 218. The summed E-state index contributed by atoms with van der Waals surface area (Å²) in [6.45, 7) is 7.48. The first kappa shape index (κ1) is 13.5. The van der Waals surface area contributed by atoms with Crippen molar-refractivity contribution in [2.45, 2.75) is 39.2 Å². The van der Waals surface area contributed by atoms with Crippen molar-refractivity contribution in [2.75, 3.05) is 26.2 Å². The second kappa shape index (κ2) is 6.86. The molecule has 1 atom stereocenters. The number of piperidine rings is 1. The molecule has 1 aliphatic rings. The van der Waals surface area contributed by atoms with Gasteiger partial charge in [0.15, 0.2) is 0 Å². The van der Waals surface area contributed by atoms with Gasteiger partial charge in [0, 0.05) is 19.1 Å². The summed E-state index contributed by atoms with van der Waals surface area (Å²) in [4.78, 5) is 13.8. The van der Waals surface area contributed by atoms with E-state index in [1.807, 2.05) is 0 Å². The maximum atomic E-state index is 11.6. The highest BCUT2D eigenvalue weighted by atomic mass is 16.2. The molecule has 0 aromatic rings. The highest BCUT2D eigenvalue weighted by Gasteiger charge is 2.18. The lowest BCUT2D eigenvalue weighted by atomic mass is 10.1. The highest BCUT2D eigenvalue weighted by Crippen LogP contribution is 2.07. The Labute approximate surface area is 98.6 Å². The third-order valence-corrected chi connectivity index (χ3v) is 2.95. The number of hydrogen-bond donors (Lipinski definition) is 2. The number of rotatable bonds is 5. The number of nitrogens with one attached hydrogen (secondary N) is 1. The average molecular weight is 227 g/mol. The lowest BCUT2D eigenvalue weighted by Gasteiger charge is -2.29. The number of nitrogens with two attached hydrogens (primary N) is 1. The maximum Gasteiger partial charge on any atom is 0.234 e. The van der Waals surface area contributed by atoms with Gasteiger partial charge in [-0.3, -0.25) is 9.69 Å². The maximum absolute atomic E-state index is 11.6. The predicted octanol–water partition coefficient (Wildman–Crippen LogP) is 0.572. The molecular weight excluding hydrogens is 202 g/mol. The van der Waals surface area contributed by atoms with E-state index in [1.54, 1.807) is 0 Å². The quantitative estimate of drug-likeness (QED) is 0.722. The van der Waals surface area contributed by atoms with Crippen LogP contribution in [0, 0.1) is 5.92 Å². The van der Waals surface area contributed by atoms with Gasteiger partial charge in [0.2, 0.25) is 5.91 Å². The first-order valence-corrected chi connectivity index (χ1v) is 6.32. The van der Waals surface area contributed by atoms with E-state index >= 15 is 0 Å². The van der Waals surface area contributed by atoms with Crippen LogP contribution < -0.4 is 11.1 Å². The summed E-state index contributed by atoms with van der Waals surface area (Å²) in [6, 6.07) is 0.247. The highest BCUT2D eigenvalue weighted by molar-refractivity contribution is 5.77. The van der Waals surface area contributed by atoms with Crippen molar-refractivity contribution in [1.29, 1.82) is 0 Å². The Morgan fingerprint density at radius 2 is 2.31 bits per heavy atom. The molecule has 16 heavy (non-hydrogen) atoms. The van der Waals surface area contributed by atoms with Crippen molar-refractivity contribution in [3.63, 3.8) is 0 Å². The first-order valence-electron chi connectivity index (χ1n) is 6.32. The molecule has 1 rings (SSSR count). The molecule has 94 valence electrons. The summed E-state index contributed by atoms with van der Waals surface area (Å²) in [5.74, 6) is 0.776. The topological polar surface area (TPSA) is 58.4 Å². The van der Waals surface area contributed by atoms with E-state index in [0.717, 1.165) is 38.9 Å². The molecule has 1 heterocycles. The standard InChI is InChI=1S/C12H25N3O/c1-10(2)5-6-14-12(16)9-15-7-3-4-11(13)8-15/h10-11H,3-9,13H2,1-2H3,(H,14,16). The van der Waals surface area contributed by atoms with Crippen molar-refractivity contribution < 1.29 is 4.79 Å². The normalized spacial score (nSPS) is 22.4. The number of hydrogen-bond acceptors (Lipinski definition) is 3. The molecule has 0 aromatic heterocycles. The van der Waals surface area contributed by atoms with Gasteiger partial charge < -0.3 is 11.1 Å². The molecule has 1 fully saturated rings. The van der Waals surface area contributed by atoms with Gasteiger partial charge in [-0.1, -0.05) is 13.8 Å². The third-order valence-electron chi connectivity index (χ3n) is 2.95. The molecule has 0 radical (unpaired) electrons. The largest absolute Gasteiger partial charge is 0.355 e. The third kappa shape index (κ3) is 5.47. The van der Waals surface area contributed by atoms with Gasteiger partial charge in [-0.05, 0) is 31.7 Å². The van der Waals surface area contributed by atoms with Crippen LogP contribution in [0.5, 0.6) is 0 Å². The summed E-state index contributed by atoms with van der Waals surface area (Å²) < 4.78 is 0. The fourth-order valence-corrected chi connectivity index (χ4v) is 1.99. The molecule has 0 saturated carbocycles. The Hall–Kier alpha value is -0.610. The van der Waals surface area contributed by atoms with Crippen LogP contribution in [0.25, 0.3) is 0 Å². The van der Waals surface area contributed by atoms with Crippen LogP contribution in [0.2, 0.25) is 0 Å². The number of amides is 1. The van der Waals surface area contributed by atoms with E-state index < -0.39 is 0 Å². The Kier molecular flexibility index (Phi) is 5.77. The van der Waals surface area contributed by atoms with Gasteiger partial charge in [0.05, 0.1) is 6.54 Å². The number of likely N-dealkylation sites (tertiary alicyclic amines) is 1. The molecule has 0 spiro atoms. The van der Waals surface area contributed by atoms with E-state index in [4.69, 9.17) is 5.73 Å². The van der Waals surface area contributed by atoms with Crippen molar-refractivity contribution >= 4 is 5.91 Å². The Morgan fingerprint density at radius 1 is 1.56 bits per heavy atom. The van der Waals surface area contributed by atoms with Gasteiger partial charge in [-0.25, -0.2) is 0 Å². The zero-order valence-electron chi connectivity index (χ0n) is 10.5. The monoisotopic (exact) mass is 227 g/mol. The molecule has 1 amide bonds. The minimum atomic E-state index is 0.134. The van der Waals surface area contributed by atoms with Crippen LogP contribution in [-0.4, -0.2) is 43.0 Å². The summed E-state index contributed by atoms with van der Waals surface area (Å²) in [5, 5.41) is 2.95. The number of carbonyl (C=O) groups excluding carboxylic acids is 1. The Morgan fingerprint density at radius 3 is 2.94 bits per heavy atom. The van der Waals surface area contributed by atoms with Crippen LogP contribution in [0.1, 0.15) is 33.1 Å². The average Bonchev–Trinajstić information content (AvgIpc) is 2.16. The second-order valence-electron chi connectivity index (χ2n) is 5.17. The van der Waals surface area contributed by atoms with E-state index in [2.05, 4.69) is 24.1 Å². The first-order chi connectivity index (χ1) is 7.58. The molecule has 0 bridgehead atoms. The molecule has 4 nitrogen and oxygen atoms in total. The number of nitrogens with zero attached hydrogens (tertiary/aromatic N) is 1. The molecule has 0 aromatic carbocycles. The zero-order chi connectivity index (χ0) is 12.0. The summed E-state index contributed by atoms with van der Waals surface area (Å²) in [5.41, 5.74) is 5.87.